The molecule has 0 saturated heterocycles. The first-order valence-electron chi connectivity index (χ1n) is 5.94. The molecule has 2 rings (SSSR count). The van der Waals surface area contributed by atoms with E-state index in [0.29, 0.717) is 12.2 Å². The predicted octanol–water partition coefficient (Wildman–Crippen LogP) is 1.00. The van der Waals surface area contributed by atoms with Crippen molar-refractivity contribution in [3.05, 3.63) is 36.0 Å². The molecule has 0 radical (unpaired) electrons. The first kappa shape index (κ1) is 14.4. The van der Waals surface area contributed by atoms with Crippen molar-refractivity contribution in [1.82, 2.24) is 9.71 Å². The van der Waals surface area contributed by atoms with E-state index in [9.17, 15) is 13.5 Å². The topological polar surface area (TPSA) is 118 Å². The van der Waals surface area contributed by atoms with Crippen LogP contribution in [0.15, 0.2) is 33.7 Å². The summed E-state index contributed by atoms with van der Waals surface area (Å²) in [6.07, 6.45) is 2.25. The van der Waals surface area contributed by atoms with Crippen LogP contribution in [-0.4, -0.2) is 18.5 Å². The van der Waals surface area contributed by atoms with Crippen molar-refractivity contribution >= 4 is 15.7 Å². The highest BCUT2D eigenvalue weighted by molar-refractivity contribution is 7.89. The summed E-state index contributed by atoms with van der Waals surface area (Å²) >= 11 is 0. The maximum Gasteiger partial charge on any atom is 0.241 e. The van der Waals surface area contributed by atoms with Crippen LogP contribution in [-0.2, 0) is 23.0 Å². The molecular weight excluding hydrogens is 282 g/mol. The number of phenolic OH excluding ortho intramolecular Hbond substituents is 1. The van der Waals surface area contributed by atoms with E-state index in [4.69, 9.17) is 10.2 Å². The van der Waals surface area contributed by atoms with Crippen molar-refractivity contribution in [1.29, 1.82) is 0 Å². The zero-order valence-corrected chi connectivity index (χ0v) is 11.6. The van der Waals surface area contributed by atoms with Gasteiger partial charge in [-0.3, -0.25) is 0 Å². The van der Waals surface area contributed by atoms with E-state index in [1.165, 1.54) is 18.2 Å². The number of hydrogen-bond acceptors (Lipinski definition) is 6. The first-order valence-corrected chi connectivity index (χ1v) is 7.42. The Morgan fingerprint density at radius 2 is 2.20 bits per heavy atom. The highest BCUT2D eigenvalue weighted by Crippen LogP contribution is 2.23. The van der Waals surface area contributed by atoms with E-state index in [0.717, 1.165) is 0 Å². The van der Waals surface area contributed by atoms with Crippen molar-refractivity contribution in [2.75, 3.05) is 5.73 Å². The highest BCUT2D eigenvalue weighted by atomic mass is 32.2. The van der Waals surface area contributed by atoms with Gasteiger partial charge in [-0.25, -0.2) is 18.1 Å². The second kappa shape index (κ2) is 5.51. The Bertz CT molecular complexity index is 709. The molecule has 0 spiro atoms. The maximum absolute atomic E-state index is 12.0. The van der Waals surface area contributed by atoms with Gasteiger partial charge in [-0.05, 0) is 18.2 Å². The number of nitrogens with zero attached hydrogens (tertiary/aromatic N) is 1. The molecular formula is C12H15N3O4S. The van der Waals surface area contributed by atoms with Gasteiger partial charge in [0.15, 0.2) is 0 Å². The summed E-state index contributed by atoms with van der Waals surface area (Å²) < 4.78 is 31.7. The zero-order valence-electron chi connectivity index (χ0n) is 10.8. The van der Waals surface area contributed by atoms with Gasteiger partial charge < -0.3 is 15.3 Å². The highest BCUT2D eigenvalue weighted by Gasteiger charge is 2.16. The van der Waals surface area contributed by atoms with Crippen molar-refractivity contribution in [2.45, 2.75) is 24.8 Å². The van der Waals surface area contributed by atoms with Gasteiger partial charge in [0.1, 0.15) is 11.5 Å². The third-order valence-electron chi connectivity index (χ3n) is 2.67. The van der Waals surface area contributed by atoms with Crippen LogP contribution in [0.2, 0.25) is 0 Å². The summed E-state index contributed by atoms with van der Waals surface area (Å²) in [7, 11) is -3.74. The van der Waals surface area contributed by atoms with Gasteiger partial charge in [0.25, 0.3) is 0 Å². The molecule has 1 aromatic carbocycles. The number of nitrogens with two attached hydrogens (primary N) is 1. The lowest BCUT2D eigenvalue weighted by molar-refractivity contribution is 0.452. The van der Waals surface area contributed by atoms with Gasteiger partial charge in [0, 0.05) is 6.42 Å². The van der Waals surface area contributed by atoms with E-state index in [1.54, 1.807) is 6.20 Å². The van der Waals surface area contributed by atoms with E-state index < -0.39 is 10.0 Å². The standard InChI is InChI=1S/C12H15N3O4S/c1-2-8-6-14-12(19-8)7-15-20(17,18)9-3-4-11(16)10(13)5-9/h3-6,15-16H,2,7,13H2,1H3. The SMILES string of the molecule is CCc1cnc(CNS(=O)(=O)c2ccc(O)c(N)c2)o1. The van der Waals surface area contributed by atoms with E-state index in [2.05, 4.69) is 9.71 Å². The maximum atomic E-state index is 12.0. The molecule has 0 amide bonds. The number of nitrogens with one attached hydrogen (secondary N) is 1. The average molecular weight is 297 g/mol. The van der Waals surface area contributed by atoms with Gasteiger partial charge in [0.05, 0.1) is 23.3 Å². The number of aromatic nitrogens is 1. The number of hydrogen-bond donors (Lipinski definition) is 3. The number of benzene rings is 1. The van der Waals surface area contributed by atoms with Gasteiger partial charge in [-0.15, -0.1) is 0 Å². The molecule has 8 heteroatoms. The summed E-state index contributed by atoms with van der Waals surface area (Å²) in [5, 5.41) is 9.28. The molecule has 0 fully saturated rings. The molecule has 2 aromatic rings. The number of oxazole rings is 1. The van der Waals surface area contributed by atoms with Crippen LogP contribution in [0.3, 0.4) is 0 Å². The normalized spacial score (nSPS) is 11.7. The van der Waals surface area contributed by atoms with Crippen molar-refractivity contribution < 1.29 is 17.9 Å². The first-order chi connectivity index (χ1) is 9.42. The molecule has 0 aliphatic rings. The predicted molar refractivity (Wildman–Crippen MR) is 72.4 cm³/mol. The summed E-state index contributed by atoms with van der Waals surface area (Å²) in [6.45, 7) is 1.86. The van der Waals surface area contributed by atoms with Crippen LogP contribution in [0, 0.1) is 0 Å². The van der Waals surface area contributed by atoms with Gasteiger partial charge in [0.2, 0.25) is 15.9 Å². The number of sulfonamides is 1. The Labute approximate surface area is 116 Å². The number of anilines is 1. The van der Waals surface area contributed by atoms with Gasteiger partial charge in [-0.2, -0.15) is 0 Å². The average Bonchev–Trinajstić information content (AvgIpc) is 2.87. The minimum absolute atomic E-state index is 0.00253. The number of aryl methyl sites for hydroxylation is 1. The number of phenols is 1. The second-order valence-corrected chi connectivity index (χ2v) is 5.89. The molecule has 0 unspecified atom stereocenters. The molecule has 20 heavy (non-hydrogen) atoms. The number of rotatable bonds is 5. The molecule has 4 N–H and O–H groups in total. The van der Waals surface area contributed by atoms with Crippen LogP contribution in [0.25, 0.3) is 0 Å². The van der Waals surface area contributed by atoms with Crippen LogP contribution >= 0.6 is 0 Å². The summed E-state index contributed by atoms with van der Waals surface area (Å²) in [6, 6.07) is 3.68. The monoisotopic (exact) mass is 297 g/mol. The van der Waals surface area contributed by atoms with Crippen molar-refractivity contribution in [3.63, 3.8) is 0 Å². The molecule has 1 heterocycles. The van der Waals surface area contributed by atoms with Crippen LogP contribution in [0.1, 0.15) is 18.6 Å². The fraction of sp³-hybridized carbons (Fsp3) is 0.250. The fourth-order valence-corrected chi connectivity index (χ4v) is 2.54. The fourth-order valence-electron chi connectivity index (χ4n) is 1.53. The Morgan fingerprint density at radius 3 is 2.80 bits per heavy atom. The lowest BCUT2D eigenvalue weighted by Crippen LogP contribution is -2.23. The molecule has 0 atom stereocenters. The van der Waals surface area contributed by atoms with Crippen LogP contribution < -0.4 is 10.5 Å². The lowest BCUT2D eigenvalue weighted by Gasteiger charge is -2.06. The lowest BCUT2D eigenvalue weighted by atomic mass is 10.3. The summed E-state index contributed by atoms with van der Waals surface area (Å²) in [5.74, 6) is 0.814. The van der Waals surface area contributed by atoms with Crippen LogP contribution in [0.5, 0.6) is 5.75 Å². The molecule has 1 aromatic heterocycles. The molecule has 7 nitrogen and oxygen atoms in total. The number of nitrogen functional groups attached to an aromatic ring is 1. The zero-order chi connectivity index (χ0) is 14.8. The molecule has 0 bridgehead atoms. The van der Waals surface area contributed by atoms with E-state index in [1.807, 2.05) is 6.92 Å². The minimum atomic E-state index is -3.74. The third-order valence-corrected chi connectivity index (χ3v) is 4.07. The Kier molecular flexibility index (Phi) is 3.96. The quantitative estimate of drug-likeness (QED) is 0.559. The Balaban J connectivity index is 2.12. The second-order valence-electron chi connectivity index (χ2n) is 4.12. The van der Waals surface area contributed by atoms with Crippen molar-refractivity contribution in [2.24, 2.45) is 0 Å². The van der Waals surface area contributed by atoms with Gasteiger partial charge >= 0.3 is 0 Å². The molecule has 0 aliphatic carbocycles. The summed E-state index contributed by atoms with van der Waals surface area (Å²) in [4.78, 5) is 3.92. The summed E-state index contributed by atoms with van der Waals surface area (Å²) in [5.41, 5.74) is 5.47. The molecule has 0 aliphatic heterocycles. The Morgan fingerprint density at radius 1 is 1.45 bits per heavy atom. The van der Waals surface area contributed by atoms with Gasteiger partial charge in [-0.1, -0.05) is 6.92 Å². The smallest absolute Gasteiger partial charge is 0.241 e. The van der Waals surface area contributed by atoms with E-state index in [-0.39, 0.29) is 28.8 Å². The van der Waals surface area contributed by atoms with Crippen molar-refractivity contribution in [3.8, 4) is 5.75 Å². The molecule has 0 saturated carbocycles. The third kappa shape index (κ3) is 3.09. The minimum Gasteiger partial charge on any atom is -0.506 e. The van der Waals surface area contributed by atoms with Crippen LogP contribution in [0.4, 0.5) is 5.69 Å². The number of aromatic hydroxyl groups is 1. The molecule has 108 valence electrons. The largest absolute Gasteiger partial charge is 0.506 e. The van der Waals surface area contributed by atoms with E-state index >= 15 is 0 Å². The Hall–Kier alpha value is -2.06.